The van der Waals surface area contributed by atoms with Gasteiger partial charge in [0.15, 0.2) is 0 Å². The van der Waals surface area contributed by atoms with Crippen LogP contribution >= 0.6 is 0 Å². The zero-order valence-corrected chi connectivity index (χ0v) is 8.76. The molecule has 0 saturated heterocycles. The molecule has 2 aromatic rings. The van der Waals surface area contributed by atoms with Gasteiger partial charge < -0.3 is 9.30 Å². The predicted octanol–water partition coefficient (Wildman–Crippen LogP) is 2.20. The lowest BCUT2D eigenvalue weighted by Crippen LogP contribution is -2.04. The summed E-state index contributed by atoms with van der Waals surface area (Å²) < 4.78 is 7.24. The second-order valence-electron chi connectivity index (χ2n) is 3.32. The zero-order chi connectivity index (χ0) is 10.5. The molecule has 0 aromatic carbocycles. The molecule has 0 spiro atoms. The van der Waals surface area contributed by atoms with Crippen LogP contribution in [0.5, 0.6) is 0 Å². The monoisotopic (exact) mass is 202 g/mol. The lowest BCUT2D eigenvalue weighted by atomic mass is 10.2. The Morgan fingerprint density at radius 3 is 3.00 bits per heavy atom. The van der Waals surface area contributed by atoms with E-state index in [1.165, 1.54) is 5.69 Å². The van der Waals surface area contributed by atoms with Gasteiger partial charge in [0.2, 0.25) is 0 Å². The molecule has 2 rings (SSSR count). The van der Waals surface area contributed by atoms with Crippen molar-refractivity contribution >= 4 is 0 Å². The number of rotatable bonds is 4. The molecule has 3 nitrogen and oxygen atoms in total. The van der Waals surface area contributed by atoms with Crippen molar-refractivity contribution in [1.29, 1.82) is 0 Å². The summed E-state index contributed by atoms with van der Waals surface area (Å²) in [6.45, 7) is 1.59. The summed E-state index contributed by atoms with van der Waals surface area (Å²) in [6.07, 6.45) is 5.71. The van der Waals surface area contributed by atoms with Crippen LogP contribution in [-0.4, -0.2) is 23.3 Å². The van der Waals surface area contributed by atoms with Crippen LogP contribution in [0.3, 0.4) is 0 Å². The first-order chi connectivity index (χ1) is 7.42. The fraction of sp³-hybridized carbons (Fsp3) is 0.250. The second-order valence-corrected chi connectivity index (χ2v) is 3.32. The molecule has 0 radical (unpaired) electrons. The normalized spacial score (nSPS) is 10.5. The van der Waals surface area contributed by atoms with Crippen molar-refractivity contribution in [2.24, 2.45) is 0 Å². The van der Waals surface area contributed by atoms with Crippen molar-refractivity contribution in [3.8, 4) is 11.3 Å². The third-order valence-electron chi connectivity index (χ3n) is 2.32. The van der Waals surface area contributed by atoms with Crippen molar-refractivity contribution in [3.63, 3.8) is 0 Å². The van der Waals surface area contributed by atoms with Crippen molar-refractivity contribution in [2.45, 2.75) is 6.54 Å². The van der Waals surface area contributed by atoms with Crippen LogP contribution in [0.1, 0.15) is 0 Å². The van der Waals surface area contributed by atoms with Crippen molar-refractivity contribution in [2.75, 3.05) is 13.7 Å². The summed E-state index contributed by atoms with van der Waals surface area (Å²) in [5.41, 5.74) is 2.32. The van der Waals surface area contributed by atoms with Crippen LogP contribution in [-0.2, 0) is 11.3 Å². The maximum absolute atomic E-state index is 5.07. The van der Waals surface area contributed by atoms with Gasteiger partial charge in [-0.25, -0.2) is 0 Å². The maximum Gasteiger partial charge on any atom is 0.0641 e. The minimum Gasteiger partial charge on any atom is -0.383 e. The molecule has 0 aliphatic heterocycles. The third-order valence-corrected chi connectivity index (χ3v) is 2.32. The SMILES string of the molecule is COCCn1cccc1-c1cccnc1. The first-order valence-electron chi connectivity index (χ1n) is 4.96. The molecule has 3 heteroatoms. The van der Waals surface area contributed by atoms with E-state index < -0.39 is 0 Å². The standard InChI is InChI=1S/C12H14N2O/c1-15-9-8-14-7-3-5-12(14)11-4-2-6-13-10-11/h2-7,10H,8-9H2,1H3. The highest BCUT2D eigenvalue weighted by atomic mass is 16.5. The molecule has 0 amide bonds. The molecule has 2 heterocycles. The van der Waals surface area contributed by atoms with Gasteiger partial charge in [0.05, 0.1) is 6.61 Å². The van der Waals surface area contributed by atoms with E-state index in [2.05, 4.69) is 27.9 Å². The van der Waals surface area contributed by atoms with Crippen LogP contribution < -0.4 is 0 Å². The maximum atomic E-state index is 5.07. The van der Waals surface area contributed by atoms with E-state index >= 15 is 0 Å². The van der Waals surface area contributed by atoms with Crippen LogP contribution in [0.2, 0.25) is 0 Å². The number of pyridine rings is 1. The quantitative estimate of drug-likeness (QED) is 0.760. The predicted molar refractivity (Wildman–Crippen MR) is 59.5 cm³/mol. The Bertz CT molecular complexity index is 409. The highest BCUT2D eigenvalue weighted by molar-refractivity contribution is 5.58. The van der Waals surface area contributed by atoms with Gasteiger partial charge in [-0.05, 0) is 24.3 Å². The number of methoxy groups -OCH3 is 1. The summed E-state index contributed by atoms with van der Waals surface area (Å²) in [7, 11) is 1.72. The van der Waals surface area contributed by atoms with Gasteiger partial charge in [-0.2, -0.15) is 0 Å². The Kier molecular flexibility index (Phi) is 3.15. The van der Waals surface area contributed by atoms with E-state index in [9.17, 15) is 0 Å². The van der Waals surface area contributed by atoms with E-state index in [0.717, 1.165) is 18.7 Å². The van der Waals surface area contributed by atoms with Gasteiger partial charge in [-0.1, -0.05) is 0 Å². The molecule has 0 unspecified atom stereocenters. The molecular formula is C12H14N2O. The lowest BCUT2D eigenvalue weighted by molar-refractivity contribution is 0.188. The summed E-state index contributed by atoms with van der Waals surface area (Å²) in [5.74, 6) is 0. The average Bonchev–Trinajstić information content (AvgIpc) is 2.75. The summed E-state index contributed by atoms with van der Waals surface area (Å²) in [4.78, 5) is 4.12. The molecular weight excluding hydrogens is 188 g/mol. The van der Waals surface area contributed by atoms with E-state index in [1.807, 2.05) is 18.3 Å². The molecule has 0 fully saturated rings. The zero-order valence-electron chi connectivity index (χ0n) is 8.76. The smallest absolute Gasteiger partial charge is 0.0641 e. The fourth-order valence-electron chi connectivity index (χ4n) is 1.58. The van der Waals surface area contributed by atoms with Gasteiger partial charge >= 0.3 is 0 Å². The van der Waals surface area contributed by atoms with E-state index in [-0.39, 0.29) is 0 Å². The van der Waals surface area contributed by atoms with Gasteiger partial charge in [-0.15, -0.1) is 0 Å². The minimum atomic E-state index is 0.724. The van der Waals surface area contributed by atoms with E-state index in [1.54, 1.807) is 13.3 Å². The molecule has 0 saturated carbocycles. The first-order valence-corrected chi connectivity index (χ1v) is 4.96. The number of hydrogen-bond donors (Lipinski definition) is 0. The summed E-state index contributed by atoms with van der Waals surface area (Å²) in [6, 6.07) is 8.14. The Morgan fingerprint density at radius 2 is 2.27 bits per heavy atom. The Morgan fingerprint density at radius 1 is 1.33 bits per heavy atom. The largest absolute Gasteiger partial charge is 0.383 e. The molecule has 78 valence electrons. The van der Waals surface area contributed by atoms with Crippen molar-refractivity contribution < 1.29 is 4.74 Å². The molecule has 0 aliphatic rings. The van der Waals surface area contributed by atoms with Crippen molar-refractivity contribution in [3.05, 3.63) is 42.9 Å². The molecule has 0 N–H and O–H groups in total. The topological polar surface area (TPSA) is 27.1 Å². The molecule has 0 bridgehead atoms. The number of hydrogen-bond acceptors (Lipinski definition) is 2. The van der Waals surface area contributed by atoms with Gasteiger partial charge in [-0.3, -0.25) is 4.98 Å². The first kappa shape index (κ1) is 9.93. The summed E-state index contributed by atoms with van der Waals surface area (Å²) >= 11 is 0. The van der Waals surface area contributed by atoms with Crippen LogP contribution in [0.15, 0.2) is 42.9 Å². The van der Waals surface area contributed by atoms with Crippen LogP contribution in [0.4, 0.5) is 0 Å². The average molecular weight is 202 g/mol. The Balaban J connectivity index is 2.25. The number of ether oxygens (including phenoxy) is 1. The van der Waals surface area contributed by atoms with E-state index in [4.69, 9.17) is 4.74 Å². The van der Waals surface area contributed by atoms with Gasteiger partial charge in [0.25, 0.3) is 0 Å². The molecule has 2 aromatic heterocycles. The number of aromatic nitrogens is 2. The highest BCUT2D eigenvalue weighted by Crippen LogP contribution is 2.18. The molecule has 0 atom stereocenters. The lowest BCUT2D eigenvalue weighted by Gasteiger charge is -2.07. The minimum absolute atomic E-state index is 0.724. The third kappa shape index (κ3) is 2.25. The highest BCUT2D eigenvalue weighted by Gasteiger charge is 2.02. The van der Waals surface area contributed by atoms with Gasteiger partial charge in [0, 0.05) is 43.5 Å². The van der Waals surface area contributed by atoms with Gasteiger partial charge in [0.1, 0.15) is 0 Å². The number of nitrogens with zero attached hydrogens (tertiary/aromatic N) is 2. The van der Waals surface area contributed by atoms with E-state index in [0.29, 0.717) is 0 Å². The molecule has 0 aliphatic carbocycles. The summed E-state index contributed by atoms with van der Waals surface area (Å²) in [5, 5.41) is 0. The van der Waals surface area contributed by atoms with Crippen LogP contribution in [0, 0.1) is 0 Å². The Hall–Kier alpha value is -1.61. The fourth-order valence-corrected chi connectivity index (χ4v) is 1.58. The molecule has 15 heavy (non-hydrogen) atoms. The second kappa shape index (κ2) is 4.75. The Labute approximate surface area is 89.3 Å². The van der Waals surface area contributed by atoms with Crippen molar-refractivity contribution in [1.82, 2.24) is 9.55 Å². The van der Waals surface area contributed by atoms with Crippen LogP contribution in [0.25, 0.3) is 11.3 Å².